The normalized spacial score (nSPS) is 21.9. The molecule has 2 unspecified atom stereocenters. The molecule has 230 valence electrons. The van der Waals surface area contributed by atoms with Gasteiger partial charge in [0.05, 0.1) is 19.3 Å². The minimum Gasteiger partial charge on any atom is -0.508 e. The molecule has 5 rings (SSSR count). The highest BCUT2D eigenvalue weighted by Crippen LogP contribution is 2.45. The average Bonchev–Trinajstić information content (AvgIpc) is 2.99. The van der Waals surface area contributed by atoms with Crippen LogP contribution in [-0.4, -0.2) is 79.8 Å². The zero-order valence-electron chi connectivity index (χ0n) is 23.0. The summed E-state index contributed by atoms with van der Waals surface area (Å²) in [4.78, 5) is 26.0. The van der Waals surface area contributed by atoms with Crippen LogP contribution in [0.4, 0.5) is 0 Å². The highest BCUT2D eigenvalue weighted by Gasteiger charge is 2.49. The number of methoxy groups -OCH3 is 1. The van der Waals surface area contributed by atoms with E-state index < -0.39 is 65.6 Å². The van der Waals surface area contributed by atoms with Gasteiger partial charge in [-0.15, -0.1) is 0 Å². The first kappa shape index (κ1) is 30.4. The molecule has 1 aliphatic heterocycles. The molecular formula is C31H28O13. The highest BCUT2D eigenvalue weighted by atomic mass is 16.6. The van der Waals surface area contributed by atoms with Crippen LogP contribution >= 0.6 is 0 Å². The Hall–Kier alpha value is -5.08. The third-order valence-corrected chi connectivity index (χ3v) is 7.18. The van der Waals surface area contributed by atoms with Gasteiger partial charge in [-0.25, -0.2) is 4.79 Å². The van der Waals surface area contributed by atoms with E-state index in [9.17, 15) is 45.3 Å². The predicted octanol–water partition coefficient (Wildman–Crippen LogP) is 2.07. The number of aliphatic hydroxyl groups is 3. The van der Waals surface area contributed by atoms with Gasteiger partial charge in [-0.2, -0.15) is 0 Å². The Kier molecular flexibility index (Phi) is 8.47. The molecule has 5 atom stereocenters. The Labute approximate surface area is 248 Å². The molecule has 1 aromatic heterocycles. The number of aliphatic hydroxyl groups excluding tert-OH is 3. The Balaban J connectivity index is 1.52. The number of fused-ring (bicyclic) bond motifs is 1. The van der Waals surface area contributed by atoms with Crippen molar-refractivity contribution in [1.29, 1.82) is 0 Å². The number of hydrogen-bond acceptors (Lipinski definition) is 13. The summed E-state index contributed by atoms with van der Waals surface area (Å²) in [6.07, 6.45) is -6.12. The van der Waals surface area contributed by atoms with E-state index in [1.165, 1.54) is 55.7 Å². The molecule has 1 fully saturated rings. The van der Waals surface area contributed by atoms with Gasteiger partial charge in [0.2, 0.25) is 0 Å². The van der Waals surface area contributed by atoms with Crippen molar-refractivity contribution in [1.82, 2.24) is 0 Å². The molecule has 0 radical (unpaired) electrons. The average molecular weight is 609 g/mol. The van der Waals surface area contributed by atoms with Gasteiger partial charge in [0, 0.05) is 23.8 Å². The third kappa shape index (κ3) is 5.76. The summed E-state index contributed by atoms with van der Waals surface area (Å²) < 4.78 is 21.9. The Morgan fingerprint density at radius 3 is 2.36 bits per heavy atom. The van der Waals surface area contributed by atoms with E-state index in [1.807, 2.05) is 0 Å². The lowest BCUT2D eigenvalue weighted by Crippen LogP contribution is -2.56. The Morgan fingerprint density at radius 2 is 1.68 bits per heavy atom. The molecule has 0 bridgehead atoms. The number of phenolic OH excluding ortho intramolecular Hbond substituents is 4. The third-order valence-electron chi connectivity index (χ3n) is 7.18. The van der Waals surface area contributed by atoms with Crippen LogP contribution in [0, 0.1) is 0 Å². The molecule has 44 heavy (non-hydrogen) atoms. The van der Waals surface area contributed by atoms with Gasteiger partial charge in [0.25, 0.3) is 0 Å². The second-order valence-electron chi connectivity index (χ2n) is 9.98. The summed E-state index contributed by atoms with van der Waals surface area (Å²) in [7, 11) is 1.35. The molecule has 1 aliphatic rings. The number of hydrogen-bond donors (Lipinski definition) is 7. The van der Waals surface area contributed by atoms with Crippen molar-refractivity contribution in [2.45, 2.75) is 30.5 Å². The second kappa shape index (κ2) is 12.3. The van der Waals surface area contributed by atoms with E-state index >= 15 is 0 Å². The van der Waals surface area contributed by atoms with Gasteiger partial charge in [-0.3, -0.25) is 4.79 Å². The molecule has 13 heteroatoms. The van der Waals surface area contributed by atoms with Crippen LogP contribution in [0.1, 0.15) is 17.2 Å². The van der Waals surface area contributed by atoms with E-state index in [4.69, 9.17) is 18.6 Å². The Bertz CT molecular complexity index is 1780. The quantitative estimate of drug-likeness (QED) is 0.118. The second-order valence-corrected chi connectivity index (χ2v) is 9.98. The number of phenols is 4. The van der Waals surface area contributed by atoms with Crippen LogP contribution in [0.15, 0.2) is 69.9 Å². The van der Waals surface area contributed by atoms with Gasteiger partial charge in [0.15, 0.2) is 23.0 Å². The summed E-state index contributed by atoms with van der Waals surface area (Å²) in [5, 5.41) is 72.3. The molecule has 1 saturated heterocycles. The topological polar surface area (TPSA) is 217 Å². The van der Waals surface area contributed by atoms with Crippen molar-refractivity contribution in [3.05, 3.63) is 82.0 Å². The fourth-order valence-corrected chi connectivity index (χ4v) is 4.94. The van der Waals surface area contributed by atoms with Crippen molar-refractivity contribution >= 4 is 23.0 Å². The van der Waals surface area contributed by atoms with Crippen LogP contribution < -0.4 is 10.2 Å². The Morgan fingerprint density at radius 1 is 0.955 bits per heavy atom. The van der Waals surface area contributed by atoms with E-state index in [0.717, 1.165) is 18.2 Å². The SMILES string of the molecule is COc1cc(/C=C/C(=O)OC2[C@@H](O)[C@H](O)C(CO)O[C@H]2c2c(O)cc3oc(-c4ccc(O)cc4)cc(=O)c3c2O)ccc1O. The highest BCUT2D eigenvalue weighted by molar-refractivity contribution is 5.89. The van der Waals surface area contributed by atoms with Crippen molar-refractivity contribution in [3.8, 4) is 40.1 Å². The lowest BCUT2D eigenvalue weighted by atomic mass is 9.89. The smallest absolute Gasteiger partial charge is 0.331 e. The largest absolute Gasteiger partial charge is 0.508 e. The van der Waals surface area contributed by atoms with Gasteiger partial charge >= 0.3 is 5.97 Å². The van der Waals surface area contributed by atoms with Crippen molar-refractivity contribution in [3.63, 3.8) is 0 Å². The van der Waals surface area contributed by atoms with Gasteiger partial charge < -0.3 is 54.4 Å². The summed E-state index contributed by atoms with van der Waals surface area (Å²) in [5.74, 6) is -2.40. The van der Waals surface area contributed by atoms with E-state index in [1.54, 1.807) is 0 Å². The standard InChI is InChI=1S/C31H28O13/c1-41-21-10-14(2-8-17(21)34)3-9-24(37)44-31-29(40)27(38)23(13-32)43-30(31)26-19(36)12-22-25(28(26)39)18(35)11-20(42-22)15-4-6-16(33)7-5-15/h2-12,23,27,29-34,36,38-40H,13H2,1H3/b9-3+/t23?,27-,29+,30+,31?/m1/s1. The molecule has 13 nitrogen and oxygen atoms in total. The van der Waals surface area contributed by atoms with Crippen LogP contribution in [0.2, 0.25) is 0 Å². The van der Waals surface area contributed by atoms with Gasteiger partial charge in [0.1, 0.15) is 58.4 Å². The summed E-state index contributed by atoms with van der Waals surface area (Å²) in [5.41, 5.74) is -0.526. The van der Waals surface area contributed by atoms with Gasteiger partial charge in [-0.1, -0.05) is 6.07 Å². The number of aromatic hydroxyl groups is 4. The van der Waals surface area contributed by atoms with Crippen LogP contribution in [-0.2, 0) is 14.3 Å². The lowest BCUT2D eigenvalue weighted by molar-refractivity contribution is -0.240. The zero-order chi connectivity index (χ0) is 31.7. The van der Waals surface area contributed by atoms with Crippen molar-refractivity contribution < 1.29 is 59.2 Å². The van der Waals surface area contributed by atoms with Crippen LogP contribution in [0.25, 0.3) is 28.4 Å². The number of carbonyl (C=O) groups excluding carboxylic acids is 1. The molecule has 0 spiro atoms. The number of benzene rings is 3. The molecule has 4 aromatic rings. The van der Waals surface area contributed by atoms with Gasteiger partial charge in [-0.05, 0) is 48.0 Å². The van der Waals surface area contributed by atoms with Crippen molar-refractivity contribution in [2.24, 2.45) is 0 Å². The summed E-state index contributed by atoms with van der Waals surface area (Å²) in [6.45, 7) is -0.786. The molecule has 0 amide bonds. The van der Waals surface area contributed by atoms with Crippen molar-refractivity contribution in [2.75, 3.05) is 13.7 Å². The molecule has 0 saturated carbocycles. The minimum atomic E-state index is -1.86. The molecule has 3 aromatic carbocycles. The fourth-order valence-electron chi connectivity index (χ4n) is 4.94. The maximum atomic E-state index is 13.1. The van der Waals surface area contributed by atoms with E-state index in [-0.39, 0.29) is 34.0 Å². The zero-order valence-corrected chi connectivity index (χ0v) is 23.0. The van der Waals surface area contributed by atoms with E-state index in [0.29, 0.717) is 11.1 Å². The summed E-state index contributed by atoms with van der Waals surface area (Å²) in [6, 6.07) is 12.2. The first-order chi connectivity index (χ1) is 21.0. The maximum absolute atomic E-state index is 13.1. The molecular weight excluding hydrogens is 580 g/mol. The summed E-state index contributed by atoms with van der Waals surface area (Å²) >= 11 is 0. The number of rotatable bonds is 7. The number of ether oxygens (including phenoxy) is 3. The van der Waals surface area contributed by atoms with E-state index in [2.05, 4.69) is 0 Å². The fraction of sp³-hybridized carbons (Fsp3) is 0.226. The molecule has 7 N–H and O–H groups in total. The minimum absolute atomic E-state index is 0.0101. The first-order valence-electron chi connectivity index (χ1n) is 13.2. The molecule has 0 aliphatic carbocycles. The maximum Gasteiger partial charge on any atom is 0.331 e. The monoisotopic (exact) mass is 608 g/mol. The first-order valence-corrected chi connectivity index (χ1v) is 13.2. The molecule has 2 heterocycles. The van der Waals surface area contributed by atoms with Crippen LogP contribution in [0.3, 0.4) is 0 Å². The van der Waals surface area contributed by atoms with Crippen LogP contribution in [0.5, 0.6) is 28.7 Å². The predicted molar refractivity (Wildman–Crippen MR) is 153 cm³/mol. The number of carbonyl (C=O) groups is 1. The lowest BCUT2D eigenvalue weighted by Gasteiger charge is -2.42. The number of esters is 1.